The minimum atomic E-state index is 0.751. The summed E-state index contributed by atoms with van der Waals surface area (Å²) in [7, 11) is 0. The smallest absolute Gasteiger partial charge is 0.00916 e. The molecule has 1 aliphatic carbocycles. The van der Waals surface area contributed by atoms with Crippen LogP contribution in [0.1, 0.15) is 36.8 Å². The quantitative estimate of drug-likeness (QED) is 0.875. The summed E-state index contributed by atoms with van der Waals surface area (Å²) >= 11 is 0. The zero-order valence-corrected chi connectivity index (χ0v) is 11.4. The molecule has 1 fully saturated rings. The van der Waals surface area contributed by atoms with E-state index >= 15 is 0 Å². The van der Waals surface area contributed by atoms with Crippen LogP contribution in [0, 0.1) is 0 Å². The van der Waals surface area contributed by atoms with Crippen molar-refractivity contribution in [3.8, 4) is 0 Å². The standard InChI is InChI=1S/C16H24N2/c1-2-18-9-7-15(8-10-18)17-12-14-11-13-5-3-4-6-16(13)14/h3-6,14-15,17H,2,7-12H2,1H3. The molecule has 1 aromatic rings. The number of hydrogen-bond acceptors (Lipinski definition) is 2. The molecule has 1 N–H and O–H groups in total. The topological polar surface area (TPSA) is 15.3 Å². The maximum atomic E-state index is 3.78. The highest BCUT2D eigenvalue weighted by Gasteiger charge is 2.26. The molecule has 0 aromatic heterocycles. The van der Waals surface area contributed by atoms with Crippen LogP contribution in [0.2, 0.25) is 0 Å². The lowest BCUT2D eigenvalue weighted by Gasteiger charge is -2.35. The Labute approximate surface area is 110 Å². The Morgan fingerprint density at radius 3 is 2.72 bits per heavy atom. The van der Waals surface area contributed by atoms with Crippen molar-refractivity contribution < 1.29 is 0 Å². The molecule has 2 nitrogen and oxygen atoms in total. The highest BCUT2D eigenvalue weighted by molar-refractivity contribution is 5.40. The predicted molar refractivity (Wildman–Crippen MR) is 76.0 cm³/mol. The zero-order valence-electron chi connectivity index (χ0n) is 11.4. The third kappa shape index (κ3) is 2.45. The minimum absolute atomic E-state index is 0.751. The van der Waals surface area contributed by atoms with Crippen LogP contribution in [-0.2, 0) is 6.42 Å². The minimum Gasteiger partial charge on any atom is -0.313 e. The molecule has 98 valence electrons. The first-order valence-electron chi connectivity index (χ1n) is 7.40. The van der Waals surface area contributed by atoms with Gasteiger partial charge in [-0.15, -0.1) is 0 Å². The van der Waals surface area contributed by atoms with Crippen molar-refractivity contribution in [2.24, 2.45) is 0 Å². The van der Waals surface area contributed by atoms with Gasteiger partial charge in [0.2, 0.25) is 0 Å². The fourth-order valence-electron chi connectivity index (χ4n) is 3.31. The second-order valence-corrected chi connectivity index (χ2v) is 5.72. The van der Waals surface area contributed by atoms with Crippen molar-refractivity contribution in [3.63, 3.8) is 0 Å². The first-order chi connectivity index (χ1) is 8.86. The number of rotatable bonds is 4. The molecule has 0 bridgehead atoms. The number of hydrogen-bond donors (Lipinski definition) is 1. The van der Waals surface area contributed by atoms with Crippen LogP contribution < -0.4 is 5.32 Å². The predicted octanol–water partition coefficient (Wildman–Crippen LogP) is 2.40. The number of nitrogens with one attached hydrogen (secondary N) is 1. The van der Waals surface area contributed by atoms with Crippen LogP contribution >= 0.6 is 0 Å². The van der Waals surface area contributed by atoms with Gasteiger partial charge in [0.1, 0.15) is 0 Å². The van der Waals surface area contributed by atoms with E-state index in [0.29, 0.717) is 0 Å². The van der Waals surface area contributed by atoms with Crippen molar-refractivity contribution in [3.05, 3.63) is 35.4 Å². The van der Waals surface area contributed by atoms with Gasteiger partial charge in [0.25, 0.3) is 0 Å². The van der Waals surface area contributed by atoms with E-state index in [1.165, 1.54) is 45.4 Å². The van der Waals surface area contributed by atoms with Gasteiger partial charge in [0, 0.05) is 18.5 Å². The van der Waals surface area contributed by atoms with Crippen LogP contribution in [0.25, 0.3) is 0 Å². The number of nitrogens with zero attached hydrogens (tertiary/aromatic N) is 1. The molecule has 0 radical (unpaired) electrons. The summed E-state index contributed by atoms with van der Waals surface area (Å²) in [6.07, 6.45) is 3.92. The Kier molecular flexibility index (Phi) is 3.67. The molecule has 1 atom stereocenters. The Morgan fingerprint density at radius 1 is 1.22 bits per heavy atom. The Balaban J connectivity index is 1.44. The summed E-state index contributed by atoms with van der Waals surface area (Å²) in [6, 6.07) is 9.64. The van der Waals surface area contributed by atoms with E-state index in [1.54, 1.807) is 11.1 Å². The fraction of sp³-hybridized carbons (Fsp3) is 0.625. The summed E-state index contributed by atoms with van der Waals surface area (Å²) in [6.45, 7) is 7.19. The molecule has 1 aliphatic heterocycles. The van der Waals surface area contributed by atoms with E-state index < -0.39 is 0 Å². The maximum absolute atomic E-state index is 3.78. The van der Waals surface area contributed by atoms with Crippen LogP contribution in [0.3, 0.4) is 0 Å². The third-order valence-corrected chi connectivity index (χ3v) is 4.65. The van der Waals surface area contributed by atoms with Gasteiger partial charge >= 0.3 is 0 Å². The van der Waals surface area contributed by atoms with Crippen LogP contribution in [-0.4, -0.2) is 37.1 Å². The molecule has 18 heavy (non-hydrogen) atoms. The molecular weight excluding hydrogens is 220 g/mol. The van der Waals surface area contributed by atoms with Gasteiger partial charge in [-0.05, 0) is 50.0 Å². The SMILES string of the molecule is CCN1CCC(NCC2Cc3ccccc32)CC1. The zero-order chi connectivity index (χ0) is 12.4. The normalized spacial score (nSPS) is 24.6. The number of piperidine rings is 1. The summed E-state index contributed by atoms with van der Waals surface area (Å²) in [5.41, 5.74) is 3.14. The van der Waals surface area contributed by atoms with Crippen molar-refractivity contribution in [2.45, 2.75) is 38.1 Å². The molecule has 1 saturated heterocycles. The number of likely N-dealkylation sites (tertiary alicyclic amines) is 1. The Bertz CT molecular complexity index is 394. The molecule has 0 saturated carbocycles. The van der Waals surface area contributed by atoms with Gasteiger partial charge in [-0.1, -0.05) is 31.2 Å². The van der Waals surface area contributed by atoms with Gasteiger partial charge in [-0.25, -0.2) is 0 Å². The van der Waals surface area contributed by atoms with Gasteiger partial charge in [-0.2, -0.15) is 0 Å². The third-order valence-electron chi connectivity index (χ3n) is 4.65. The molecule has 1 heterocycles. The molecule has 0 amide bonds. The monoisotopic (exact) mass is 244 g/mol. The highest BCUT2D eigenvalue weighted by atomic mass is 15.1. The average molecular weight is 244 g/mol. The number of fused-ring (bicyclic) bond motifs is 1. The molecular formula is C16H24N2. The molecule has 2 aliphatic rings. The average Bonchev–Trinajstić information content (AvgIpc) is 2.40. The van der Waals surface area contributed by atoms with Crippen molar-refractivity contribution in [1.82, 2.24) is 10.2 Å². The van der Waals surface area contributed by atoms with E-state index in [0.717, 1.165) is 12.0 Å². The van der Waals surface area contributed by atoms with Crippen molar-refractivity contribution >= 4 is 0 Å². The van der Waals surface area contributed by atoms with E-state index in [1.807, 2.05) is 0 Å². The maximum Gasteiger partial charge on any atom is 0.00916 e. The van der Waals surface area contributed by atoms with E-state index in [4.69, 9.17) is 0 Å². The first kappa shape index (κ1) is 12.2. The van der Waals surface area contributed by atoms with Crippen LogP contribution in [0.5, 0.6) is 0 Å². The van der Waals surface area contributed by atoms with Crippen molar-refractivity contribution in [1.29, 1.82) is 0 Å². The van der Waals surface area contributed by atoms with E-state index in [9.17, 15) is 0 Å². The van der Waals surface area contributed by atoms with Crippen molar-refractivity contribution in [2.75, 3.05) is 26.2 Å². The summed E-state index contributed by atoms with van der Waals surface area (Å²) < 4.78 is 0. The van der Waals surface area contributed by atoms with Gasteiger partial charge in [0.15, 0.2) is 0 Å². The lowest BCUT2D eigenvalue weighted by molar-refractivity contribution is 0.204. The Morgan fingerprint density at radius 2 is 2.00 bits per heavy atom. The highest BCUT2D eigenvalue weighted by Crippen LogP contribution is 2.34. The molecule has 1 aromatic carbocycles. The van der Waals surface area contributed by atoms with Gasteiger partial charge in [0.05, 0.1) is 0 Å². The molecule has 2 heteroatoms. The Hall–Kier alpha value is -0.860. The summed E-state index contributed by atoms with van der Waals surface area (Å²) in [5.74, 6) is 0.769. The molecule has 1 unspecified atom stereocenters. The van der Waals surface area contributed by atoms with E-state index in [-0.39, 0.29) is 0 Å². The first-order valence-corrected chi connectivity index (χ1v) is 7.40. The summed E-state index contributed by atoms with van der Waals surface area (Å²) in [5, 5.41) is 3.78. The lowest BCUT2D eigenvalue weighted by atomic mass is 9.77. The van der Waals surface area contributed by atoms with Crippen LogP contribution in [0.15, 0.2) is 24.3 Å². The van der Waals surface area contributed by atoms with Gasteiger partial charge < -0.3 is 10.2 Å². The second kappa shape index (κ2) is 5.41. The lowest BCUT2D eigenvalue weighted by Crippen LogP contribution is -2.44. The second-order valence-electron chi connectivity index (χ2n) is 5.72. The van der Waals surface area contributed by atoms with E-state index in [2.05, 4.69) is 41.4 Å². The molecule has 3 rings (SSSR count). The largest absolute Gasteiger partial charge is 0.313 e. The van der Waals surface area contributed by atoms with Crippen LogP contribution in [0.4, 0.5) is 0 Å². The number of benzene rings is 1. The summed E-state index contributed by atoms with van der Waals surface area (Å²) in [4.78, 5) is 2.55. The fourth-order valence-corrected chi connectivity index (χ4v) is 3.31. The van der Waals surface area contributed by atoms with Gasteiger partial charge in [-0.3, -0.25) is 0 Å². The molecule has 0 spiro atoms.